The second-order valence-corrected chi connectivity index (χ2v) is 4.58. The lowest BCUT2D eigenvalue weighted by Crippen LogP contribution is -2.16. The third-order valence-electron chi connectivity index (χ3n) is 2.37. The molecule has 1 aromatic carbocycles. The summed E-state index contributed by atoms with van der Waals surface area (Å²) >= 11 is 3.08. The average molecular weight is 303 g/mol. The van der Waals surface area contributed by atoms with Gasteiger partial charge in [0.1, 0.15) is 11.9 Å². The fourth-order valence-corrected chi connectivity index (χ4v) is 1.84. The summed E-state index contributed by atoms with van der Waals surface area (Å²) < 4.78 is 19.2. The maximum absolute atomic E-state index is 13.4. The molecule has 1 aromatic rings. The van der Waals surface area contributed by atoms with Crippen molar-refractivity contribution in [2.45, 2.75) is 32.8 Å². The second kappa shape index (κ2) is 6.87. The largest absolute Gasteiger partial charge is 0.366 e. The first-order chi connectivity index (χ1) is 8.10. The van der Waals surface area contributed by atoms with Gasteiger partial charge in [-0.05, 0) is 47.0 Å². The molecule has 0 N–H and O–H groups in total. The molecule has 0 spiro atoms. The number of benzene rings is 1. The molecule has 0 radical (unpaired) electrons. The van der Waals surface area contributed by atoms with Crippen LogP contribution >= 0.6 is 15.9 Å². The van der Waals surface area contributed by atoms with Crippen LogP contribution in [0.4, 0.5) is 4.39 Å². The van der Waals surface area contributed by atoms with Crippen LogP contribution in [0.3, 0.4) is 0 Å². The molecular weight excluding hydrogens is 287 g/mol. The normalized spacial score (nSPS) is 12.5. The summed E-state index contributed by atoms with van der Waals surface area (Å²) in [5, 5.41) is 0. The Labute approximate surface area is 109 Å². The van der Waals surface area contributed by atoms with Crippen LogP contribution in [0.2, 0.25) is 0 Å². The lowest BCUT2D eigenvalue weighted by atomic mass is 10.0. The quantitative estimate of drug-likeness (QED) is 0.793. The van der Waals surface area contributed by atoms with Gasteiger partial charge in [0, 0.05) is 13.0 Å². The topological polar surface area (TPSA) is 26.3 Å². The van der Waals surface area contributed by atoms with E-state index in [0.29, 0.717) is 23.1 Å². The summed E-state index contributed by atoms with van der Waals surface area (Å²) in [6.07, 6.45) is 0.562. The van der Waals surface area contributed by atoms with E-state index in [4.69, 9.17) is 4.74 Å². The first-order valence-electron chi connectivity index (χ1n) is 5.69. The number of hydrogen-bond donors (Lipinski definition) is 0. The molecule has 0 aliphatic heterocycles. The highest BCUT2D eigenvalue weighted by molar-refractivity contribution is 9.10. The lowest BCUT2D eigenvalue weighted by Gasteiger charge is -2.16. The maximum atomic E-state index is 13.4. The van der Waals surface area contributed by atoms with E-state index in [2.05, 4.69) is 15.9 Å². The zero-order valence-electron chi connectivity index (χ0n) is 10.0. The zero-order chi connectivity index (χ0) is 12.8. The number of rotatable bonds is 6. The Hall–Kier alpha value is -0.740. The van der Waals surface area contributed by atoms with Crippen molar-refractivity contribution in [1.82, 2.24) is 0 Å². The Morgan fingerprint density at radius 2 is 2.18 bits per heavy atom. The van der Waals surface area contributed by atoms with E-state index < -0.39 is 6.10 Å². The summed E-state index contributed by atoms with van der Waals surface area (Å²) in [6.45, 7) is 4.18. The van der Waals surface area contributed by atoms with Crippen LogP contribution < -0.4 is 0 Å². The van der Waals surface area contributed by atoms with E-state index in [1.807, 2.05) is 13.8 Å². The van der Waals surface area contributed by atoms with Gasteiger partial charge >= 0.3 is 0 Å². The van der Waals surface area contributed by atoms with Crippen molar-refractivity contribution in [2.75, 3.05) is 6.61 Å². The van der Waals surface area contributed by atoms with Crippen molar-refractivity contribution in [1.29, 1.82) is 0 Å². The van der Waals surface area contributed by atoms with Crippen LogP contribution in [-0.4, -0.2) is 12.4 Å². The SMILES string of the molecule is CCCC(=O)C(OCC)c1ccc(Br)c(F)c1. The molecule has 1 rings (SSSR count). The van der Waals surface area contributed by atoms with E-state index in [0.717, 1.165) is 6.42 Å². The van der Waals surface area contributed by atoms with Gasteiger partial charge in [0.2, 0.25) is 0 Å². The number of halogens is 2. The molecule has 0 aliphatic carbocycles. The standard InChI is InChI=1S/C13H16BrFO2/c1-3-5-12(16)13(17-4-2)9-6-7-10(14)11(15)8-9/h6-8,13H,3-5H2,1-2H3. The number of hydrogen-bond acceptors (Lipinski definition) is 2. The van der Waals surface area contributed by atoms with Crippen molar-refractivity contribution in [3.05, 3.63) is 34.1 Å². The minimum Gasteiger partial charge on any atom is -0.366 e. The summed E-state index contributed by atoms with van der Waals surface area (Å²) in [5.41, 5.74) is 0.575. The molecule has 0 heterocycles. The fraction of sp³-hybridized carbons (Fsp3) is 0.462. The predicted octanol–water partition coefficient (Wildman–Crippen LogP) is 4.04. The summed E-state index contributed by atoms with van der Waals surface area (Å²) in [5.74, 6) is -0.382. The fourth-order valence-electron chi connectivity index (χ4n) is 1.59. The smallest absolute Gasteiger partial charge is 0.166 e. The van der Waals surface area contributed by atoms with Crippen LogP contribution in [0.25, 0.3) is 0 Å². The summed E-state index contributed by atoms with van der Waals surface area (Å²) in [7, 11) is 0. The molecule has 0 bridgehead atoms. The van der Waals surface area contributed by atoms with Crippen LogP contribution in [0, 0.1) is 5.82 Å². The summed E-state index contributed by atoms with van der Waals surface area (Å²) in [4.78, 5) is 11.9. The molecule has 0 fully saturated rings. The van der Waals surface area contributed by atoms with Gasteiger partial charge in [0.25, 0.3) is 0 Å². The second-order valence-electron chi connectivity index (χ2n) is 3.73. The van der Waals surface area contributed by atoms with Crippen LogP contribution in [0.5, 0.6) is 0 Å². The minimum atomic E-state index is -0.650. The van der Waals surface area contributed by atoms with Gasteiger partial charge in [0.15, 0.2) is 5.78 Å². The molecule has 17 heavy (non-hydrogen) atoms. The zero-order valence-corrected chi connectivity index (χ0v) is 11.6. The maximum Gasteiger partial charge on any atom is 0.166 e. The van der Waals surface area contributed by atoms with Crippen LogP contribution in [0.1, 0.15) is 38.4 Å². The molecule has 94 valence electrons. The average Bonchev–Trinajstić information content (AvgIpc) is 2.30. The van der Waals surface area contributed by atoms with E-state index in [1.54, 1.807) is 12.1 Å². The first kappa shape index (κ1) is 14.3. The van der Waals surface area contributed by atoms with Gasteiger partial charge in [-0.15, -0.1) is 0 Å². The van der Waals surface area contributed by atoms with Crippen molar-refractivity contribution < 1.29 is 13.9 Å². The van der Waals surface area contributed by atoms with Crippen molar-refractivity contribution in [3.63, 3.8) is 0 Å². The highest BCUT2D eigenvalue weighted by Crippen LogP contribution is 2.25. The van der Waals surface area contributed by atoms with Crippen molar-refractivity contribution >= 4 is 21.7 Å². The highest BCUT2D eigenvalue weighted by atomic mass is 79.9. The first-order valence-corrected chi connectivity index (χ1v) is 6.48. The van der Waals surface area contributed by atoms with Crippen LogP contribution in [0.15, 0.2) is 22.7 Å². The van der Waals surface area contributed by atoms with Crippen LogP contribution in [-0.2, 0) is 9.53 Å². The van der Waals surface area contributed by atoms with Gasteiger partial charge in [-0.2, -0.15) is 0 Å². The van der Waals surface area contributed by atoms with Gasteiger partial charge in [0.05, 0.1) is 4.47 Å². The van der Waals surface area contributed by atoms with Gasteiger partial charge in [-0.25, -0.2) is 4.39 Å². The Morgan fingerprint density at radius 3 is 2.71 bits per heavy atom. The Balaban J connectivity index is 2.96. The number of carbonyl (C=O) groups excluding carboxylic acids is 1. The van der Waals surface area contributed by atoms with E-state index >= 15 is 0 Å². The van der Waals surface area contributed by atoms with E-state index in [-0.39, 0.29) is 11.6 Å². The monoisotopic (exact) mass is 302 g/mol. The lowest BCUT2D eigenvalue weighted by molar-refractivity contribution is -0.130. The van der Waals surface area contributed by atoms with Gasteiger partial charge in [-0.3, -0.25) is 4.79 Å². The summed E-state index contributed by atoms with van der Waals surface area (Å²) in [6, 6.07) is 4.65. The number of ether oxygens (including phenoxy) is 1. The van der Waals surface area contributed by atoms with E-state index in [1.165, 1.54) is 6.07 Å². The van der Waals surface area contributed by atoms with Crippen molar-refractivity contribution in [2.24, 2.45) is 0 Å². The Kier molecular flexibility index (Phi) is 5.78. The molecule has 4 heteroatoms. The molecule has 0 amide bonds. The molecule has 1 atom stereocenters. The molecule has 0 saturated carbocycles. The van der Waals surface area contributed by atoms with E-state index in [9.17, 15) is 9.18 Å². The minimum absolute atomic E-state index is 0.00364. The third-order valence-corrected chi connectivity index (χ3v) is 3.01. The molecule has 0 aromatic heterocycles. The number of ketones is 1. The van der Waals surface area contributed by atoms with Gasteiger partial charge < -0.3 is 4.74 Å². The molecule has 0 aliphatic rings. The molecule has 0 saturated heterocycles. The predicted molar refractivity (Wildman–Crippen MR) is 68.4 cm³/mol. The molecule has 1 unspecified atom stereocenters. The van der Waals surface area contributed by atoms with Crippen molar-refractivity contribution in [3.8, 4) is 0 Å². The molecular formula is C13H16BrFO2. The highest BCUT2D eigenvalue weighted by Gasteiger charge is 2.20. The molecule has 2 nitrogen and oxygen atoms in total. The number of Topliss-reactive ketones (excluding diaryl/α,β-unsaturated/α-hetero) is 1. The third kappa shape index (κ3) is 3.89. The number of carbonyl (C=O) groups is 1. The Morgan fingerprint density at radius 1 is 1.47 bits per heavy atom. The Bertz CT molecular complexity index is 393. The van der Waals surface area contributed by atoms with Gasteiger partial charge in [-0.1, -0.05) is 13.0 Å².